The molecule has 0 radical (unpaired) electrons. The Kier molecular flexibility index (Phi) is 4.77. The van der Waals surface area contributed by atoms with Crippen LogP contribution in [0.1, 0.15) is 18.4 Å². The summed E-state index contributed by atoms with van der Waals surface area (Å²) >= 11 is 5.88. The van der Waals surface area contributed by atoms with Crippen molar-refractivity contribution in [3.05, 3.63) is 28.8 Å². The van der Waals surface area contributed by atoms with Crippen molar-refractivity contribution in [2.75, 3.05) is 12.8 Å². The van der Waals surface area contributed by atoms with Gasteiger partial charge in [0.05, 0.1) is 4.90 Å². The van der Waals surface area contributed by atoms with E-state index in [4.69, 9.17) is 17.3 Å². The molecule has 2 N–H and O–H groups in total. The molecule has 1 aromatic carbocycles. The summed E-state index contributed by atoms with van der Waals surface area (Å²) < 4.78 is 22.8. The Labute approximate surface area is 102 Å². The Hall–Kier alpha value is -0.580. The quantitative estimate of drug-likeness (QED) is 0.825. The van der Waals surface area contributed by atoms with E-state index in [0.717, 1.165) is 24.8 Å². The van der Waals surface area contributed by atoms with Crippen LogP contribution in [0.3, 0.4) is 0 Å². The summed E-state index contributed by atoms with van der Waals surface area (Å²) in [6.07, 6.45) is 3.86. The third-order valence-electron chi connectivity index (χ3n) is 2.28. The van der Waals surface area contributed by atoms with Crippen molar-refractivity contribution in [3.63, 3.8) is 0 Å². The molecule has 0 spiro atoms. The van der Waals surface area contributed by atoms with Crippen LogP contribution in [0.2, 0.25) is 5.02 Å². The summed E-state index contributed by atoms with van der Waals surface area (Å²) in [5.41, 5.74) is 6.35. The first-order chi connectivity index (χ1) is 7.43. The molecular formula is C11H16ClNO2S. The Bertz CT molecular complexity index is 457. The van der Waals surface area contributed by atoms with Crippen LogP contribution in [0, 0.1) is 0 Å². The van der Waals surface area contributed by atoms with E-state index in [-0.39, 0.29) is 4.90 Å². The zero-order valence-electron chi connectivity index (χ0n) is 9.24. The number of sulfone groups is 1. The van der Waals surface area contributed by atoms with Gasteiger partial charge in [0.15, 0.2) is 9.84 Å². The summed E-state index contributed by atoms with van der Waals surface area (Å²) in [6.45, 7) is 0.652. The molecule has 0 bridgehead atoms. The molecule has 1 rings (SSSR count). The molecule has 0 aromatic heterocycles. The third-order valence-corrected chi connectivity index (χ3v) is 3.59. The summed E-state index contributed by atoms with van der Waals surface area (Å²) in [6, 6.07) is 4.95. The second kappa shape index (κ2) is 5.66. The predicted octanol–water partition coefficient (Wildman–Crippen LogP) is 2.02. The molecule has 0 aliphatic heterocycles. The van der Waals surface area contributed by atoms with E-state index >= 15 is 0 Å². The number of benzene rings is 1. The van der Waals surface area contributed by atoms with Crippen molar-refractivity contribution in [2.24, 2.45) is 5.73 Å². The van der Waals surface area contributed by atoms with E-state index in [2.05, 4.69) is 0 Å². The smallest absolute Gasteiger partial charge is 0.175 e. The van der Waals surface area contributed by atoms with E-state index in [1.807, 2.05) is 0 Å². The minimum Gasteiger partial charge on any atom is -0.330 e. The number of nitrogens with two attached hydrogens (primary N) is 1. The van der Waals surface area contributed by atoms with Gasteiger partial charge in [0.25, 0.3) is 0 Å². The van der Waals surface area contributed by atoms with E-state index in [0.29, 0.717) is 11.6 Å². The average Bonchev–Trinajstić information content (AvgIpc) is 2.16. The molecule has 0 unspecified atom stereocenters. The zero-order chi connectivity index (χ0) is 12.2. The highest BCUT2D eigenvalue weighted by molar-refractivity contribution is 7.90. The summed E-state index contributed by atoms with van der Waals surface area (Å²) in [5.74, 6) is 0. The molecule has 0 amide bonds. The van der Waals surface area contributed by atoms with Crippen molar-refractivity contribution in [3.8, 4) is 0 Å². The van der Waals surface area contributed by atoms with E-state index < -0.39 is 9.84 Å². The van der Waals surface area contributed by atoms with Gasteiger partial charge in [0.2, 0.25) is 0 Å². The Morgan fingerprint density at radius 1 is 1.25 bits per heavy atom. The largest absolute Gasteiger partial charge is 0.330 e. The average molecular weight is 262 g/mol. The lowest BCUT2D eigenvalue weighted by Crippen LogP contribution is -2.01. The van der Waals surface area contributed by atoms with Gasteiger partial charge in [0, 0.05) is 11.3 Å². The number of rotatable bonds is 5. The van der Waals surface area contributed by atoms with Crippen LogP contribution in [0.5, 0.6) is 0 Å². The van der Waals surface area contributed by atoms with Crippen molar-refractivity contribution >= 4 is 21.4 Å². The zero-order valence-corrected chi connectivity index (χ0v) is 10.8. The fraction of sp³-hybridized carbons (Fsp3) is 0.455. The van der Waals surface area contributed by atoms with Crippen LogP contribution in [-0.2, 0) is 16.3 Å². The molecule has 1 aromatic rings. The highest BCUT2D eigenvalue weighted by atomic mass is 35.5. The lowest BCUT2D eigenvalue weighted by atomic mass is 10.1. The van der Waals surface area contributed by atoms with Crippen LogP contribution in [0.4, 0.5) is 0 Å². The third kappa shape index (κ3) is 4.12. The maximum Gasteiger partial charge on any atom is 0.175 e. The molecule has 0 aliphatic rings. The Morgan fingerprint density at radius 2 is 1.94 bits per heavy atom. The van der Waals surface area contributed by atoms with Crippen LogP contribution in [0.15, 0.2) is 23.1 Å². The molecule has 0 aliphatic carbocycles. The number of halogens is 1. The topological polar surface area (TPSA) is 60.2 Å². The van der Waals surface area contributed by atoms with Gasteiger partial charge in [-0.15, -0.1) is 0 Å². The molecule has 0 atom stereocenters. The van der Waals surface area contributed by atoms with E-state index in [9.17, 15) is 8.42 Å². The van der Waals surface area contributed by atoms with Crippen LogP contribution >= 0.6 is 11.6 Å². The number of hydrogen-bond donors (Lipinski definition) is 1. The second-order valence-corrected chi connectivity index (χ2v) is 6.27. The van der Waals surface area contributed by atoms with Crippen molar-refractivity contribution in [1.82, 2.24) is 0 Å². The van der Waals surface area contributed by atoms with Gasteiger partial charge >= 0.3 is 0 Å². The maximum absolute atomic E-state index is 11.4. The molecular weight excluding hydrogens is 246 g/mol. The summed E-state index contributed by atoms with van der Waals surface area (Å²) in [5, 5.41) is 0.464. The first-order valence-electron chi connectivity index (χ1n) is 5.13. The number of unbranched alkanes of at least 4 members (excludes halogenated alkanes) is 1. The van der Waals surface area contributed by atoms with Crippen molar-refractivity contribution < 1.29 is 8.42 Å². The lowest BCUT2D eigenvalue weighted by molar-refractivity contribution is 0.601. The van der Waals surface area contributed by atoms with Crippen molar-refractivity contribution in [2.45, 2.75) is 24.2 Å². The van der Waals surface area contributed by atoms with Crippen LogP contribution in [0.25, 0.3) is 0 Å². The SMILES string of the molecule is CS(=O)(=O)c1cc(Cl)cc(CCCCN)c1. The second-order valence-electron chi connectivity index (χ2n) is 3.81. The van der Waals surface area contributed by atoms with Gasteiger partial charge in [-0.25, -0.2) is 8.42 Å². The molecule has 0 heterocycles. The van der Waals surface area contributed by atoms with E-state index in [1.54, 1.807) is 12.1 Å². The van der Waals surface area contributed by atoms with Crippen molar-refractivity contribution in [1.29, 1.82) is 0 Å². The minimum absolute atomic E-state index is 0.280. The molecule has 3 nitrogen and oxygen atoms in total. The lowest BCUT2D eigenvalue weighted by Gasteiger charge is -2.05. The van der Waals surface area contributed by atoms with Crippen LogP contribution < -0.4 is 5.73 Å². The molecule has 0 saturated carbocycles. The van der Waals surface area contributed by atoms with Gasteiger partial charge in [0.1, 0.15) is 0 Å². The van der Waals surface area contributed by atoms with Gasteiger partial charge in [-0.1, -0.05) is 11.6 Å². The molecule has 5 heteroatoms. The molecule has 0 fully saturated rings. The molecule has 90 valence electrons. The Morgan fingerprint density at radius 3 is 2.50 bits per heavy atom. The summed E-state index contributed by atoms with van der Waals surface area (Å²) in [4.78, 5) is 0.280. The fourth-order valence-electron chi connectivity index (χ4n) is 1.45. The fourth-order valence-corrected chi connectivity index (χ4v) is 2.48. The first-order valence-corrected chi connectivity index (χ1v) is 7.40. The van der Waals surface area contributed by atoms with E-state index in [1.165, 1.54) is 12.3 Å². The molecule has 16 heavy (non-hydrogen) atoms. The highest BCUT2D eigenvalue weighted by Crippen LogP contribution is 2.20. The van der Waals surface area contributed by atoms with Gasteiger partial charge < -0.3 is 5.73 Å². The van der Waals surface area contributed by atoms with Gasteiger partial charge in [-0.05, 0) is 49.6 Å². The minimum atomic E-state index is -3.19. The Balaban J connectivity index is 2.91. The first kappa shape index (κ1) is 13.5. The number of aryl methyl sites for hydroxylation is 1. The van der Waals surface area contributed by atoms with Gasteiger partial charge in [-0.2, -0.15) is 0 Å². The highest BCUT2D eigenvalue weighted by Gasteiger charge is 2.09. The number of hydrogen-bond acceptors (Lipinski definition) is 3. The predicted molar refractivity (Wildman–Crippen MR) is 66.6 cm³/mol. The molecule has 0 saturated heterocycles. The standard InChI is InChI=1S/C11H16ClNO2S/c1-16(14,15)11-7-9(4-2-3-5-13)6-10(12)8-11/h6-8H,2-5,13H2,1H3. The summed E-state index contributed by atoms with van der Waals surface area (Å²) in [7, 11) is -3.19. The normalized spacial score (nSPS) is 11.7. The van der Waals surface area contributed by atoms with Crippen LogP contribution in [-0.4, -0.2) is 21.2 Å². The maximum atomic E-state index is 11.4. The van der Waals surface area contributed by atoms with Gasteiger partial charge in [-0.3, -0.25) is 0 Å². The monoisotopic (exact) mass is 261 g/mol.